The van der Waals surface area contributed by atoms with E-state index in [9.17, 15) is 9.18 Å². The molecule has 2 aliphatic heterocycles. The van der Waals surface area contributed by atoms with E-state index in [2.05, 4.69) is 26.2 Å². The Kier molecular flexibility index (Phi) is 6.36. The van der Waals surface area contributed by atoms with Crippen LogP contribution in [0, 0.1) is 5.82 Å². The van der Waals surface area contributed by atoms with Crippen LogP contribution in [-0.4, -0.2) is 73.0 Å². The lowest BCUT2D eigenvalue weighted by Crippen LogP contribution is -2.50. The summed E-state index contributed by atoms with van der Waals surface area (Å²) in [7, 11) is 0. The zero-order chi connectivity index (χ0) is 20.1. The molecule has 0 bridgehead atoms. The molecule has 1 atom stereocenters. The number of hydrogen-bond donors (Lipinski definition) is 1. The normalized spacial score (nSPS) is 20.7. The van der Waals surface area contributed by atoms with Crippen molar-refractivity contribution in [2.45, 2.75) is 12.5 Å². The minimum atomic E-state index is -0.222. The summed E-state index contributed by atoms with van der Waals surface area (Å²) in [5.41, 5.74) is 2.21. The van der Waals surface area contributed by atoms with Gasteiger partial charge in [-0.1, -0.05) is 6.07 Å². The molecule has 1 N–H and O–H groups in total. The quantitative estimate of drug-likeness (QED) is 0.835. The van der Waals surface area contributed by atoms with E-state index in [1.54, 1.807) is 18.3 Å². The molecular formula is C22H28FN5O. The van der Waals surface area contributed by atoms with Gasteiger partial charge in [0.1, 0.15) is 5.82 Å². The van der Waals surface area contributed by atoms with Gasteiger partial charge >= 0.3 is 0 Å². The van der Waals surface area contributed by atoms with Crippen molar-refractivity contribution in [2.75, 3.05) is 57.3 Å². The predicted molar refractivity (Wildman–Crippen MR) is 111 cm³/mol. The molecule has 154 valence electrons. The third kappa shape index (κ3) is 4.92. The first-order chi connectivity index (χ1) is 14.2. The highest BCUT2D eigenvalue weighted by Gasteiger charge is 2.26. The van der Waals surface area contributed by atoms with Crippen LogP contribution in [0.1, 0.15) is 18.0 Å². The first-order valence-corrected chi connectivity index (χ1v) is 10.3. The van der Waals surface area contributed by atoms with E-state index >= 15 is 0 Å². The summed E-state index contributed by atoms with van der Waals surface area (Å²) in [4.78, 5) is 23.6. The summed E-state index contributed by atoms with van der Waals surface area (Å²) in [5, 5.41) is 3.44. The molecule has 3 heterocycles. The average Bonchev–Trinajstić information content (AvgIpc) is 2.79. The van der Waals surface area contributed by atoms with Crippen molar-refractivity contribution in [3.8, 4) is 0 Å². The summed E-state index contributed by atoms with van der Waals surface area (Å²) in [6, 6.07) is 10.9. The molecule has 4 rings (SSSR count). The maximum atomic E-state index is 13.1. The molecule has 7 heteroatoms. The Labute approximate surface area is 171 Å². The zero-order valence-electron chi connectivity index (χ0n) is 16.6. The number of anilines is 1. The van der Waals surface area contributed by atoms with Gasteiger partial charge in [0.15, 0.2) is 0 Å². The maximum Gasteiger partial charge on any atom is 0.223 e. The summed E-state index contributed by atoms with van der Waals surface area (Å²) in [6.45, 7) is 6.52. The van der Waals surface area contributed by atoms with Crippen molar-refractivity contribution in [1.29, 1.82) is 0 Å². The summed E-state index contributed by atoms with van der Waals surface area (Å²) in [5.74, 6) is -0.00714. The number of piperazine rings is 2. The van der Waals surface area contributed by atoms with Crippen LogP contribution in [0.5, 0.6) is 0 Å². The van der Waals surface area contributed by atoms with Gasteiger partial charge in [0.2, 0.25) is 5.91 Å². The Balaban J connectivity index is 1.28. The fraction of sp³-hybridized carbons (Fsp3) is 0.455. The molecule has 2 fully saturated rings. The lowest BCUT2D eigenvalue weighted by molar-refractivity contribution is -0.132. The topological polar surface area (TPSA) is 51.7 Å². The number of nitrogens with one attached hydrogen (secondary N) is 1. The van der Waals surface area contributed by atoms with E-state index in [1.807, 2.05) is 17.2 Å². The summed E-state index contributed by atoms with van der Waals surface area (Å²) < 4.78 is 13.1. The molecule has 1 unspecified atom stereocenters. The van der Waals surface area contributed by atoms with Gasteiger partial charge in [-0.15, -0.1) is 0 Å². The molecule has 6 nitrogen and oxygen atoms in total. The van der Waals surface area contributed by atoms with Gasteiger partial charge < -0.3 is 15.1 Å². The Morgan fingerprint density at radius 1 is 1.10 bits per heavy atom. The molecule has 2 aromatic rings. The smallest absolute Gasteiger partial charge is 0.223 e. The molecule has 1 aromatic carbocycles. The molecule has 0 radical (unpaired) electrons. The van der Waals surface area contributed by atoms with Gasteiger partial charge in [-0.3, -0.25) is 14.7 Å². The van der Waals surface area contributed by atoms with Gasteiger partial charge in [0.25, 0.3) is 0 Å². The van der Waals surface area contributed by atoms with E-state index in [-0.39, 0.29) is 17.8 Å². The number of nitrogens with zero attached hydrogens (tertiary/aromatic N) is 4. The van der Waals surface area contributed by atoms with E-state index in [1.165, 1.54) is 17.7 Å². The van der Waals surface area contributed by atoms with Crippen LogP contribution in [0.4, 0.5) is 10.1 Å². The number of pyridine rings is 1. The van der Waals surface area contributed by atoms with Crippen molar-refractivity contribution < 1.29 is 9.18 Å². The number of amides is 1. The van der Waals surface area contributed by atoms with Crippen molar-refractivity contribution in [1.82, 2.24) is 20.1 Å². The summed E-state index contributed by atoms with van der Waals surface area (Å²) >= 11 is 0. The maximum absolute atomic E-state index is 13.1. The minimum Gasteiger partial charge on any atom is -0.368 e. The highest BCUT2D eigenvalue weighted by molar-refractivity contribution is 5.76. The molecule has 2 saturated heterocycles. The van der Waals surface area contributed by atoms with Crippen LogP contribution in [0.3, 0.4) is 0 Å². The van der Waals surface area contributed by atoms with E-state index in [0.29, 0.717) is 19.5 Å². The van der Waals surface area contributed by atoms with Crippen LogP contribution in [0.2, 0.25) is 0 Å². The lowest BCUT2D eigenvalue weighted by atomic mass is 10.0. The number of aromatic nitrogens is 1. The first-order valence-electron chi connectivity index (χ1n) is 10.3. The molecule has 0 spiro atoms. The van der Waals surface area contributed by atoms with Crippen molar-refractivity contribution in [3.63, 3.8) is 0 Å². The fourth-order valence-electron chi connectivity index (χ4n) is 4.18. The first kappa shape index (κ1) is 19.8. The Hall–Kier alpha value is -2.51. The number of hydrogen-bond acceptors (Lipinski definition) is 5. The van der Waals surface area contributed by atoms with E-state index in [4.69, 9.17) is 0 Å². The molecule has 1 amide bonds. The second kappa shape index (κ2) is 9.33. The molecule has 0 saturated carbocycles. The third-order valence-corrected chi connectivity index (χ3v) is 5.86. The monoisotopic (exact) mass is 397 g/mol. The zero-order valence-corrected chi connectivity index (χ0v) is 16.6. The van der Waals surface area contributed by atoms with Crippen LogP contribution < -0.4 is 10.2 Å². The number of carbonyl (C=O) groups excluding carboxylic acids is 1. The minimum absolute atomic E-state index is 0.215. The van der Waals surface area contributed by atoms with E-state index in [0.717, 1.165) is 45.0 Å². The van der Waals surface area contributed by atoms with Crippen LogP contribution in [0.15, 0.2) is 48.8 Å². The van der Waals surface area contributed by atoms with Gasteiger partial charge in [-0.05, 0) is 35.9 Å². The Bertz CT molecular complexity index is 793. The number of rotatable bonds is 5. The predicted octanol–water partition coefficient (Wildman–Crippen LogP) is 1.91. The average molecular weight is 397 g/mol. The van der Waals surface area contributed by atoms with Gasteiger partial charge in [-0.2, -0.15) is 0 Å². The molecule has 1 aromatic heterocycles. The fourth-order valence-corrected chi connectivity index (χ4v) is 4.18. The Morgan fingerprint density at radius 2 is 1.90 bits per heavy atom. The highest BCUT2D eigenvalue weighted by Crippen LogP contribution is 2.22. The second-order valence-electron chi connectivity index (χ2n) is 7.64. The van der Waals surface area contributed by atoms with Gasteiger partial charge in [0, 0.05) is 82.9 Å². The third-order valence-electron chi connectivity index (χ3n) is 5.86. The van der Waals surface area contributed by atoms with Crippen LogP contribution >= 0.6 is 0 Å². The van der Waals surface area contributed by atoms with Crippen LogP contribution in [-0.2, 0) is 4.79 Å². The Morgan fingerprint density at radius 3 is 2.62 bits per heavy atom. The van der Waals surface area contributed by atoms with E-state index < -0.39 is 0 Å². The lowest BCUT2D eigenvalue weighted by Gasteiger charge is -2.38. The van der Waals surface area contributed by atoms with Gasteiger partial charge in [-0.25, -0.2) is 4.39 Å². The molecule has 29 heavy (non-hydrogen) atoms. The molecule has 2 aliphatic rings. The molecular weight excluding hydrogens is 369 g/mol. The standard InChI is InChI=1S/C22H28FN5O/c23-19-3-5-20(6-4-19)26-12-14-28(15-13-26)22(29)7-10-27-11-9-25-17-21(27)18-2-1-8-24-16-18/h1-6,8,16,21,25H,7,9-15,17H2. The van der Waals surface area contributed by atoms with Crippen LogP contribution in [0.25, 0.3) is 0 Å². The second-order valence-corrected chi connectivity index (χ2v) is 7.64. The van der Waals surface area contributed by atoms with Gasteiger partial charge in [0.05, 0.1) is 0 Å². The highest BCUT2D eigenvalue weighted by atomic mass is 19.1. The number of benzene rings is 1. The molecule has 0 aliphatic carbocycles. The number of halogens is 1. The summed E-state index contributed by atoms with van der Waals surface area (Å²) in [6.07, 6.45) is 4.24. The largest absolute Gasteiger partial charge is 0.368 e. The van der Waals surface area contributed by atoms with Crippen molar-refractivity contribution in [2.24, 2.45) is 0 Å². The number of carbonyl (C=O) groups is 1. The SMILES string of the molecule is O=C(CCN1CCNCC1c1cccnc1)N1CCN(c2ccc(F)cc2)CC1. The van der Waals surface area contributed by atoms with Crippen molar-refractivity contribution in [3.05, 3.63) is 60.2 Å². The van der Waals surface area contributed by atoms with Crippen molar-refractivity contribution >= 4 is 11.6 Å².